The minimum absolute atomic E-state index is 0.0105. The molecule has 114 valence electrons. The Hall–Kier alpha value is -2.04. The van der Waals surface area contributed by atoms with E-state index in [0.29, 0.717) is 6.42 Å². The lowest BCUT2D eigenvalue weighted by atomic mass is 9.96. The fraction of sp³-hybridized carbons (Fsp3) is 0.500. The van der Waals surface area contributed by atoms with Crippen molar-refractivity contribution < 1.29 is 19.4 Å². The molecule has 0 aromatic heterocycles. The van der Waals surface area contributed by atoms with E-state index in [4.69, 9.17) is 9.84 Å². The summed E-state index contributed by atoms with van der Waals surface area (Å²) in [5.74, 6) is -0.309. The Bertz CT molecular complexity index is 525. The highest BCUT2D eigenvalue weighted by Gasteiger charge is 2.34. The topological polar surface area (TPSA) is 66.8 Å². The number of ether oxygens (including phenoxy) is 1. The largest absolute Gasteiger partial charge is 0.496 e. The third kappa shape index (κ3) is 3.97. The van der Waals surface area contributed by atoms with Gasteiger partial charge in [-0.05, 0) is 30.4 Å². The first-order valence-corrected chi connectivity index (χ1v) is 7.17. The molecule has 1 aliphatic rings. The van der Waals surface area contributed by atoms with Crippen LogP contribution in [0.15, 0.2) is 24.3 Å². The van der Waals surface area contributed by atoms with E-state index >= 15 is 0 Å². The molecule has 1 N–H and O–H groups in total. The monoisotopic (exact) mass is 291 g/mol. The number of hydrogen-bond donors (Lipinski definition) is 1. The highest BCUT2D eigenvalue weighted by Crippen LogP contribution is 2.32. The van der Waals surface area contributed by atoms with Crippen LogP contribution in [-0.4, -0.2) is 41.6 Å². The molecule has 1 atom stereocenters. The van der Waals surface area contributed by atoms with Gasteiger partial charge in [0.25, 0.3) is 0 Å². The Morgan fingerprint density at radius 1 is 1.38 bits per heavy atom. The van der Waals surface area contributed by atoms with Crippen molar-refractivity contribution in [1.82, 2.24) is 4.90 Å². The molecule has 1 aromatic rings. The summed E-state index contributed by atoms with van der Waals surface area (Å²) >= 11 is 0. The van der Waals surface area contributed by atoms with Gasteiger partial charge in [-0.25, -0.2) is 0 Å². The molecule has 21 heavy (non-hydrogen) atoms. The number of para-hydroxylation sites is 1. The third-order valence-corrected chi connectivity index (χ3v) is 3.76. The second kappa shape index (κ2) is 6.61. The van der Waals surface area contributed by atoms with Gasteiger partial charge in [-0.2, -0.15) is 0 Å². The Morgan fingerprint density at radius 3 is 2.62 bits per heavy atom. The summed E-state index contributed by atoms with van der Waals surface area (Å²) in [6.45, 7) is 1.75. The number of benzene rings is 1. The predicted molar refractivity (Wildman–Crippen MR) is 78.4 cm³/mol. The molecule has 5 nitrogen and oxygen atoms in total. The number of methoxy groups -OCH3 is 1. The first kappa shape index (κ1) is 15.4. The maximum Gasteiger partial charge on any atom is 0.323 e. The van der Waals surface area contributed by atoms with E-state index in [1.54, 1.807) is 7.11 Å². The SMILES string of the molecule is COc1ccccc1C(C)CC(=O)N(CC(=O)O)C1CC1. The van der Waals surface area contributed by atoms with Crippen LogP contribution in [0.5, 0.6) is 5.75 Å². The number of hydrogen-bond acceptors (Lipinski definition) is 3. The molecule has 0 bridgehead atoms. The molecule has 1 unspecified atom stereocenters. The van der Waals surface area contributed by atoms with Crippen LogP contribution in [0.2, 0.25) is 0 Å². The lowest BCUT2D eigenvalue weighted by Crippen LogP contribution is -2.37. The zero-order valence-corrected chi connectivity index (χ0v) is 12.4. The number of carbonyl (C=O) groups excluding carboxylic acids is 1. The number of carbonyl (C=O) groups is 2. The first-order chi connectivity index (χ1) is 10.0. The molecule has 1 saturated carbocycles. The Kier molecular flexibility index (Phi) is 4.83. The normalized spacial score (nSPS) is 15.3. The number of nitrogens with zero attached hydrogens (tertiary/aromatic N) is 1. The maximum absolute atomic E-state index is 12.4. The zero-order chi connectivity index (χ0) is 15.4. The molecular formula is C16H21NO4. The summed E-state index contributed by atoms with van der Waals surface area (Å²) in [6, 6.07) is 7.72. The van der Waals surface area contributed by atoms with Gasteiger partial charge in [0, 0.05) is 12.5 Å². The van der Waals surface area contributed by atoms with E-state index < -0.39 is 5.97 Å². The molecule has 0 heterocycles. The zero-order valence-electron chi connectivity index (χ0n) is 12.4. The molecule has 1 aliphatic carbocycles. The smallest absolute Gasteiger partial charge is 0.323 e. The van der Waals surface area contributed by atoms with E-state index in [0.717, 1.165) is 24.2 Å². The van der Waals surface area contributed by atoms with Crippen LogP contribution in [-0.2, 0) is 9.59 Å². The lowest BCUT2D eigenvalue weighted by Gasteiger charge is -2.23. The van der Waals surface area contributed by atoms with Crippen molar-refractivity contribution in [2.45, 2.75) is 38.1 Å². The molecule has 0 saturated heterocycles. The van der Waals surface area contributed by atoms with Gasteiger partial charge in [0.15, 0.2) is 0 Å². The lowest BCUT2D eigenvalue weighted by molar-refractivity contribution is -0.145. The number of rotatable bonds is 7. The number of carboxylic acid groups (broad SMARTS) is 1. The van der Waals surface area contributed by atoms with Crippen LogP contribution in [0.25, 0.3) is 0 Å². The van der Waals surface area contributed by atoms with Gasteiger partial charge in [-0.3, -0.25) is 9.59 Å². The fourth-order valence-electron chi connectivity index (χ4n) is 2.52. The Labute approximate surface area is 124 Å². The molecule has 1 fully saturated rings. The van der Waals surface area contributed by atoms with E-state index in [2.05, 4.69) is 0 Å². The van der Waals surface area contributed by atoms with Crippen LogP contribution in [0.1, 0.15) is 37.7 Å². The molecular weight excluding hydrogens is 270 g/mol. The van der Waals surface area contributed by atoms with Crippen molar-refractivity contribution in [3.05, 3.63) is 29.8 Å². The van der Waals surface area contributed by atoms with E-state index in [9.17, 15) is 9.59 Å². The van der Waals surface area contributed by atoms with Crippen molar-refractivity contribution in [1.29, 1.82) is 0 Å². The maximum atomic E-state index is 12.4. The van der Waals surface area contributed by atoms with Crippen molar-refractivity contribution in [3.8, 4) is 5.75 Å². The summed E-state index contributed by atoms with van der Waals surface area (Å²) < 4.78 is 5.31. The molecule has 0 spiro atoms. The molecule has 5 heteroatoms. The summed E-state index contributed by atoms with van der Waals surface area (Å²) in [5.41, 5.74) is 0.972. The average Bonchev–Trinajstić information content (AvgIpc) is 3.28. The van der Waals surface area contributed by atoms with Gasteiger partial charge in [0.05, 0.1) is 7.11 Å². The van der Waals surface area contributed by atoms with E-state index in [-0.39, 0.29) is 24.4 Å². The van der Waals surface area contributed by atoms with Crippen molar-refractivity contribution >= 4 is 11.9 Å². The second-order valence-electron chi connectivity index (χ2n) is 5.49. The van der Waals surface area contributed by atoms with Gasteiger partial charge in [0.2, 0.25) is 5.91 Å². The van der Waals surface area contributed by atoms with Crippen LogP contribution in [0, 0.1) is 0 Å². The predicted octanol–water partition coefficient (Wildman–Crippen LogP) is 2.26. The number of amides is 1. The van der Waals surface area contributed by atoms with Crippen LogP contribution < -0.4 is 4.74 Å². The Balaban J connectivity index is 2.05. The Morgan fingerprint density at radius 2 is 2.05 bits per heavy atom. The van der Waals surface area contributed by atoms with Crippen molar-refractivity contribution in [3.63, 3.8) is 0 Å². The van der Waals surface area contributed by atoms with Crippen LogP contribution in [0.4, 0.5) is 0 Å². The van der Waals surface area contributed by atoms with Crippen molar-refractivity contribution in [2.75, 3.05) is 13.7 Å². The highest BCUT2D eigenvalue weighted by atomic mass is 16.5. The van der Waals surface area contributed by atoms with Gasteiger partial charge in [0.1, 0.15) is 12.3 Å². The van der Waals surface area contributed by atoms with E-state index in [1.807, 2.05) is 31.2 Å². The van der Waals surface area contributed by atoms with Gasteiger partial charge in [-0.1, -0.05) is 25.1 Å². The summed E-state index contributed by atoms with van der Waals surface area (Å²) in [6.07, 6.45) is 2.11. The fourth-order valence-corrected chi connectivity index (χ4v) is 2.52. The van der Waals surface area contributed by atoms with Gasteiger partial charge < -0.3 is 14.7 Å². The standard InChI is InChI=1S/C16H21NO4/c1-11(13-5-3-4-6-14(13)21-2)9-15(18)17(10-16(19)20)12-7-8-12/h3-6,11-12H,7-10H2,1-2H3,(H,19,20). The average molecular weight is 291 g/mol. The van der Waals surface area contributed by atoms with Crippen LogP contribution >= 0.6 is 0 Å². The van der Waals surface area contributed by atoms with Gasteiger partial charge in [-0.15, -0.1) is 0 Å². The number of carboxylic acids is 1. The molecule has 0 radical (unpaired) electrons. The minimum Gasteiger partial charge on any atom is -0.496 e. The highest BCUT2D eigenvalue weighted by molar-refractivity contribution is 5.82. The summed E-state index contributed by atoms with van der Waals surface area (Å²) in [7, 11) is 1.61. The third-order valence-electron chi connectivity index (χ3n) is 3.76. The molecule has 1 aromatic carbocycles. The summed E-state index contributed by atoms with van der Waals surface area (Å²) in [4.78, 5) is 24.7. The first-order valence-electron chi connectivity index (χ1n) is 7.17. The van der Waals surface area contributed by atoms with E-state index in [1.165, 1.54) is 4.90 Å². The number of aliphatic carboxylic acids is 1. The van der Waals surface area contributed by atoms with Crippen LogP contribution in [0.3, 0.4) is 0 Å². The quantitative estimate of drug-likeness (QED) is 0.837. The second-order valence-corrected chi connectivity index (χ2v) is 5.49. The van der Waals surface area contributed by atoms with Crippen molar-refractivity contribution in [2.24, 2.45) is 0 Å². The minimum atomic E-state index is -0.958. The summed E-state index contributed by atoms with van der Waals surface area (Å²) in [5, 5.41) is 8.93. The molecule has 2 rings (SSSR count). The molecule has 0 aliphatic heterocycles. The molecule has 1 amide bonds. The van der Waals surface area contributed by atoms with Gasteiger partial charge >= 0.3 is 5.97 Å².